The Morgan fingerprint density at radius 1 is 1.62 bits per heavy atom. The zero-order valence-corrected chi connectivity index (χ0v) is 10.7. The van der Waals surface area contributed by atoms with Crippen molar-refractivity contribution in [3.05, 3.63) is 22.4 Å². The number of hydrogen-bond donors (Lipinski definition) is 1. The minimum absolute atomic E-state index is 0.0533. The second kappa shape index (κ2) is 4.84. The van der Waals surface area contributed by atoms with Crippen LogP contribution in [-0.2, 0) is 11.3 Å². The van der Waals surface area contributed by atoms with Crippen molar-refractivity contribution in [3.63, 3.8) is 0 Å². The zero-order chi connectivity index (χ0) is 11.6. The molecule has 1 aliphatic heterocycles. The fraction of sp³-hybridized carbons (Fsp3) is 0.667. The first-order valence-electron chi connectivity index (χ1n) is 5.61. The molecule has 1 unspecified atom stereocenters. The molecule has 0 radical (unpaired) electrons. The molecule has 90 valence electrons. The molecule has 1 saturated heterocycles. The summed E-state index contributed by atoms with van der Waals surface area (Å²) in [5, 5.41) is 13.5. The maximum atomic E-state index is 9.22. The average Bonchev–Trinajstić information content (AvgIpc) is 2.67. The summed E-state index contributed by atoms with van der Waals surface area (Å²) in [6.07, 6.45) is -0.0533. The highest BCUT2D eigenvalue weighted by molar-refractivity contribution is 7.07. The van der Waals surface area contributed by atoms with Gasteiger partial charge in [0.05, 0.1) is 18.3 Å². The molecule has 0 amide bonds. The Balaban J connectivity index is 1.99. The van der Waals surface area contributed by atoms with E-state index in [1.165, 1.54) is 5.56 Å². The van der Waals surface area contributed by atoms with Crippen LogP contribution in [0.5, 0.6) is 0 Å². The fourth-order valence-corrected chi connectivity index (χ4v) is 2.93. The SMILES string of the molecule is CC1(C)CN(Cc2ccsc2)CC(CO)O1. The van der Waals surface area contributed by atoms with Gasteiger partial charge in [-0.2, -0.15) is 11.3 Å². The van der Waals surface area contributed by atoms with Gasteiger partial charge in [-0.1, -0.05) is 0 Å². The highest BCUT2D eigenvalue weighted by atomic mass is 32.1. The minimum Gasteiger partial charge on any atom is -0.394 e. The molecule has 0 bridgehead atoms. The third-order valence-corrected chi connectivity index (χ3v) is 3.47. The summed E-state index contributed by atoms with van der Waals surface area (Å²) in [6.45, 7) is 6.94. The maximum absolute atomic E-state index is 9.22. The van der Waals surface area contributed by atoms with Crippen LogP contribution in [-0.4, -0.2) is 41.4 Å². The van der Waals surface area contributed by atoms with E-state index in [9.17, 15) is 5.11 Å². The maximum Gasteiger partial charge on any atom is 0.0940 e. The Bertz CT molecular complexity index is 324. The van der Waals surface area contributed by atoms with E-state index in [-0.39, 0.29) is 18.3 Å². The van der Waals surface area contributed by atoms with Gasteiger partial charge in [0.2, 0.25) is 0 Å². The van der Waals surface area contributed by atoms with Gasteiger partial charge in [-0.3, -0.25) is 4.90 Å². The number of aliphatic hydroxyl groups is 1. The van der Waals surface area contributed by atoms with Crippen molar-refractivity contribution in [2.24, 2.45) is 0 Å². The average molecular weight is 241 g/mol. The quantitative estimate of drug-likeness (QED) is 0.874. The summed E-state index contributed by atoms with van der Waals surface area (Å²) < 4.78 is 5.78. The van der Waals surface area contributed by atoms with E-state index in [0.29, 0.717) is 0 Å². The Kier molecular flexibility index (Phi) is 3.64. The van der Waals surface area contributed by atoms with E-state index in [1.54, 1.807) is 11.3 Å². The van der Waals surface area contributed by atoms with Gasteiger partial charge in [-0.05, 0) is 36.2 Å². The van der Waals surface area contributed by atoms with Crippen LogP contribution in [0, 0.1) is 0 Å². The number of thiophene rings is 1. The van der Waals surface area contributed by atoms with Crippen molar-refractivity contribution in [2.75, 3.05) is 19.7 Å². The van der Waals surface area contributed by atoms with Crippen molar-refractivity contribution in [2.45, 2.75) is 32.1 Å². The highest BCUT2D eigenvalue weighted by Gasteiger charge is 2.32. The summed E-state index contributed by atoms with van der Waals surface area (Å²) in [6, 6.07) is 2.15. The highest BCUT2D eigenvalue weighted by Crippen LogP contribution is 2.22. The van der Waals surface area contributed by atoms with E-state index in [1.807, 2.05) is 0 Å². The number of aliphatic hydroxyl groups excluding tert-OH is 1. The third-order valence-electron chi connectivity index (χ3n) is 2.74. The predicted molar refractivity (Wildman–Crippen MR) is 65.6 cm³/mol. The summed E-state index contributed by atoms with van der Waals surface area (Å²) in [4.78, 5) is 2.35. The fourth-order valence-electron chi connectivity index (χ4n) is 2.27. The van der Waals surface area contributed by atoms with Crippen LogP contribution in [0.1, 0.15) is 19.4 Å². The Labute approximate surface area is 101 Å². The van der Waals surface area contributed by atoms with Crippen LogP contribution >= 0.6 is 11.3 Å². The normalized spacial score (nSPS) is 25.8. The first-order chi connectivity index (χ1) is 7.59. The molecular weight excluding hydrogens is 222 g/mol. The largest absolute Gasteiger partial charge is 0.394 e. The number of rotatable bonds is 3. The van der Waals surface area contributed by atoms with Crippen LogP contribution < -0.4 is 0 Å². The van der Waals surface area contributed by atoms with Gasteiger partial charge in [0.15, 0.2) is 0 Å². The molecule has 2 heterocycles. The first-order valence-corrected chi connectivity index (χ1v) is 6.55. The molecule has 2 rings (SSSR count). The van der Waals surface area contributed by atoms with Crippen LogP contribution in [0.25, 0.3) is 0 Å². The van der Waals surface area contributed by atoms with Crippen LogP contribution in [0.15, 0.2) is 16.8 Å². The van der Waals surface area contributed by atoms with Crippen molar-refractivity contribution in [1.29, 1.82) is 0 Å². The lowest BCUT2D eigenvalue weighted by Gasteiger charge is -2.42. The number of ether oxygens (including phenoxy) is 1. The van der Waals surface area contributed by atoms with Gasteiger partial charge < -0.3 is 9.84 Å². The molecule has 1 fully saturated rings. The molecule has 1 aliphatic rings. The standard InChI is InChI=1S/C12H19NO2S/c1-12(2)9-13(6-11(7-14)15-12)5-10-3-4-16-8-10/h3-4,8,11,14H,5-7,9H2,1-2H3. The van der Waals surface area contributed by atoms with Gasteiger partial charge in [-0.25, -0.2) is 0 Å². The number of morpholine rings is 1. The Hall–Kier alpha value is -0.420. The summed E-state index contributed by atoms with van der Waals surface area (Å²) >= 11 is 1.73. The molecule has 1 N–H and O–H groups in total. The molecule has 1 aromatic rings. The number of hydrogen-bond acceptors (Lipinski definition) is 4. The monoisotopic (exact) mass is 241 g/mol. The molecule has 1 atom stereocenters. The van der Waals surface area contributed by atoms with E-state index >= 15 is 0 Å². The lowest BCUT2D eigenvalue weighted by molar-refractivity contribution is -0.150. The topological polar surface area (TPSA) is 32.7 Å². The molecule has 16 heavy (non-hydrogen) atoms. The minimum atomic E-state index is -0.165. The van der Waals surface area contributed by atoms with Crippen molar-refractivity contribution < 1.29 is 9.84 Å². The zero-order valence-electron chi connectivity index (χ0n) is 9.85. The third kappa shape index (κ3) is 3.04. The molecule has 4 heteroatoms. The Morgan fingerprint density at radius 3 is 3.06 bits per heavy atom. The van der Waals surface area contributed by atoms with E-state index in [4.69, 9.17) is 4.74 Å². The molecule has 1 aromatic heterocycles. The van der Waals surface area contributed by atoms with Gasteiger partial charge in [0.1, 0.15) is 0 Å². The van der Waals surface area contributed by atoms with Gasteiger partial charge in [-0.15, -0.1) is 0 Å². The molecule has 0 saturated carbocycles. The van der Waals surface area contributed by atoms with Gasteiger partial charge >= 0.3 is 0 Å². The lowest BCUT2D eigenvalue weighted by atomic mass is 10.0. The van der Waals surface area contributed by atoms with Gasteiger partial charge in [0, 0.05) is 19.6 Å². The van der Waals surface area contributed by atoms with E-state index in [0.717, 1.165) is 19.6 Å². The van der Waals surface area contributed by atoms with Crippen LogP contribution in [0.4, 0.5) is 0 Å². The number of nitrogens with zero attached hydrogens (tertiary/aromatic N) is 1. The van der Waals surface area contributed by atoms with Crippen molar-refractivity contribution in [3.8, 4) is 0 Å². The summed E-state index contributed by atoms with van der Waals surface area (Å²) in [5.74, 6) is 0. The van der Waals surface area contributed by atoms with Crippen LogP contribution in [0.3, 0.4) is 0 Å². The summed E-state index contributed by atoms with van der Waals surface area (Å²) in [7, 11) is 0. The lowest BCUT2D eigenvalue weighted by Crippen LogP contribution is -2.53. The second-order valence-electron chi connectivity index (χ2n) is 4.98. The van der Waals surface area contributed by atoms with Gasteiger partial charge in [0.25, 0.3) is 0 Å². The van der Waals surface area contributed by atoms with Crippen molar-refractivity contribution >= 4 is 11.3 Å². The molecule has 0 aliphatic carbocycles. The Morgan fingerprint density at radius 2 is 2.44 bits per heavy atom. The smallest absolute Gasteiger partial charge is 0.0940 e. The van der Waals surface area contributed by atoms with Crippen molar-refractivity contribution in [1.82, 2.24) is 4.90 Å². The molecule has 0 aromatic carbocycles. The van der Waals surface area contributed by atoms with E-state index in [2.05, 4.69) is 35.6 Å². The second-order valence-corrected chi connectivity index (χ2v) is 5.76. The molecule has 3 nitrogen and oxygen atoms in total. The molecule has 0 spiro atoms. The van der Waals surface area contributed by atoms with E-state index < -0.39 is 0 Å². The van der Waals surface area contributed by atoms with Crippen LogP contribution in [0.2, 0.25) is 0 Å². The first kappa shape index (κ1) is 12.0. The predicted octanol–water partition coefficient (Wildman–Crippen LogP) is 1.72. The molecular formula is C12H19NO2S. The summed E-state index contributed by atoms with van der Waals surface area (Å²) in [5.41, 5.74) is 1.18.